The number of hydrogen-bond acceptors (Lipinski definition) is 3. The molecule has 1 heterocycles. The molecule has 0 saturated carbocycles. The molecule has 1 aromatic heterocycles. The molecular weight excluding hydrogens is 194 g/mol. The van der Waals surface area contributed by atoms with Crippen LogP contribution in [-0.4, -0.2) is 6.29 Å². The Morgan fingerprint density at radius 2 is 2.29 bits per heavy atom. The van der Waals surface area contributed by atoms with E-state index in [4.69, 9.17) is 5.26 Å². The molecule has 0 aliphatic rings. The second-order valence-corrected chi connectivity index (χ2v) is 4.29. The molecule has 0 bridgehead atoms. The molecule has 2 rings (SSSR count). The molecular formula is C11H7NOS. The molecule has 0 fully saturated rings. The minimum absolute atomic E-state index is 0.642. The van der Waals surface area contributed by atoms with E-state index in [1.54, 1.807) is 23.5 Å². The molecule has 0 unspecified atom stereocenters. The van der Waals surface area contributed by atoms with E-state index in [9.17, 15) is 4.79 Å². The molecule has 0 saturated heterocycles. The molecule has 0 aliphatic carbocycles. The first-order valence-electron chi connectivity index (χ1n) is 4.14. The number of thiophene rings is 1. The minimum Gasteiger partial charge on any atom is -0.298 e. The first-order valence-corrected chi connectivity index (χ1v) is 4.96. The standard InChI is InChI=1S/C11H7NOS/c1-7-4-10-9(6-13)3-2-8(5-12)11(10)14-7/h2-4,6H,1H3. The molecule has 0 atom stereocenters. The molecule has 1 aromatic carbocycles. The van der Waals surface area contributed by atoms with Crippen molar-refractivity contribution >= 4 is 27.7 Å². The van der Waals surface area contributed by atoms with Gasteiger partial charge in [0.2, 0.25) is 0 Å². The van der Waals surface area contributed by atoms with Gasteiger partial charge in [0.25, 0.3) is 0 Å². The summed E-state index contributed by atoms with van der Waals surface area (Å²) in [5.74, 6) is 0. The van der Waals surface area contributed by atoms with Crippen molar-refractivity contribution in [2.45, 2.75) is 6.92 Å². The third-order valence-corrected chi connectivity index (χ3v) is 3.17. The van der Waals surface area contributed by atoms with Crippen molar-refractivity contribution < 1.29 is 4.79 Å². The third kappa shape index (κ3) is 1.21. The predicted octanol–water partition coefficient (Wildman–Crippen LogP) is 2.89. The van der Waals surface area contributed by atoms with Crippen molar-refractivity contribution in [2.75, 3.05) is 0 Å². The Balaban J connectivity index is 2.92. The number of aldehydes is 1. The Hall–Kier alpha value is -1.66. The van der Waals surface area contributed by atoms with Crippen molar-refractivity contribution in [3.05, 3.63) is 34.2 Å². The van der Waals surface area contributed by atoms with E-state index in [0.717, 1.165) is 21.2 Å². The molecule has 0 aliphatic heterocycles. The first-order chi connectivity index (χ1) is 6.76. The SMILES string of the molecule is Cc1cc2c(C=O)ccc(C#N)c2s1. The van der Waals surface area contributed by atoms with Crippen LogP contribution in [0.2, 0.25) is 0 Å². The summed E-state index contributed by atoms with van der Waals surface area (Å²) in [7, 11) is 0. The number of hydrogen-bond donors (Lipinski definition) is 0. The van der Waals surface area contributed by atoms with Crippen molar-refractivity contribution in [3.8, 4) is 6.07 Å². The normalized spacial score (nSPS) is 10.0. The van der Waals surface area contributed by atoms with Gasteiger partial charge in [-0.3, -0.25) is 4.79 Å². The number of nitriles is 1. The first kappa shape index (κ1) is 8.92. The lowest BCUT2D eigenvalue weighted by Gasteiger charge is -1.95. The minimum atomic E-state index is 0.642. The van der Waals surface area contributed by atoms with Crippen LogP contribution in [0.3, 0.4) is 0 Å². The highest BCUT2D eigenvalue weighted by Gasteiger charge is 2.07. The van der Waals surface area contributed by atoms with Gasteiger partial charge in [0.15, 0.2) is 6.29 Å². The number of carbonyl (C=O) groups excluding carboxylic acids is 1. The van der Waals surface area contributed by atoms with Gasteiger partial charge in [0.05, 0.1) is 10.3 Å². The highest BCUT2D eigenvalue weighted by atomic mass is 32.1. The van der Waals surface area contributed by atoms with E-state index >= 15 is 0 Å². The fraction of sp³-hybridized carbons (Fsp3) is 0.0909. The van der Waals surface area contributed by atoms with Crippen LogP contribution < -0.4 is 0 Å². The smallest absolute Gasteiger partial charge is 0.150 e. The highest BCUT2D eigenvalue weighted by Crippen LogP contribution is 2.30. The number of nitrogens with zero attached hydrogens (tertiary/aromatic N) is 1. The van der Waals surface area contributed by atoms with Gasteiger partial charge >= 0.3 is 0 Å². The zero-order chi connectivity index (χ0) is 10.1. The van der Waals surface area contributed by atoms with E-state index in [0.29, 0.717) is 11.1 Å². The molecule has 0 spiro atoms. The van der Waals surface area contributed by atoms with Gasteiger partial charge in [-0.25, -0.2) is 0 Å². The van der Waals surface area contributed by atoms with Gasteiger partial charge in [-0.05, 0) is 25.1 Å². The Morgan fingerprint density at radius 1 is 1.50 bits per heavy atom. The van der Waals surface area contributed by atoms with E-state index < -0.39 is 0 Å². The molecule has 14 heavy (non-hydrogen) atoms. The maximum atomic E-state index is 10.8. The summed E-state index contributed by atoms with van der Waals surface area (Å²) in [4.78, 5) is 11.9. The number of benzene rings is 1. The topological polar surface area (TPSA) is 40.9 Å². The predicted molar refractivity (Wildman–Crippen MR) is 56.7 cm³/mol. The Labute approximate surface area is 85.4 Å². The second kappa shape index (κ2) is 3.24. The average Bonchev–Trinajstić information content (AvgIpc) is 2.57. The van der Waals surface area contributed by atoms with Crippen LogP contribution in [0, 0.1) is 18.3 Å². The molecule has 0 radical (unpaired) electrons. The lowest BCUT2D eigenvalue weighted by molar-refractivity contribution is 0.112. The van der Waals surface area contributed by atoms with Crippen LogP contribution in [-0.2, 0) is 0 Å². The summed E-state index contributed by atoms with van der Waals surface area (Å²) in [6, 6.07) is 7.47. The molecule has 68 valence electrons. The summed E-state index contributed by atoms with van der Waals surface area (Å²) in [5, 5.41) is 9.77. The molecule has 0 amide bonds. The number of rotatable bonds is 1. The zero-order valence-electron chi connectivity index (χ0n) is 7.57. The van der Waals surface area contributed by atoms with Crippen molar-refractivity contribution in [3.63, 3.8) is 0 Å². The molecule has 2 aromatic rings. The van der Waals surface area contributed by atoms with Crippen molar-refractivity contribution in [2.24, 2.45) is 0 Å². The van der Waals surface area contributed by atoms with Gasteiger partial charge in [-0.1, -0.05) is 0 Å². The Morgan fingerprint density at radius 3 is 2.93 bits per heavy atom. The van der Waals surface area contributed by atoms with E-state index in [2.05, 4.69) is 6.07 Å². The van der Waals surface area contributed by atoms with Gasteiger partial charge in [0, 0.05) is 15.8 Å². The van der Waals surface area contributed by atoms with Crippen LogP contribution in [0.5, 0.6) is 0 Å². The van der Waals surface area contributed by atoms with Crippen LogP contribution in [0.1, 0.15) is 20.8 Å². The summed E-state index contributed by atoms with van der Waals surface area (Å²) < 4.78 is 0.912. The Kier molecular flexibility index (Phi) is 2.06. The van der Waals surface area contributed by atoms with Crippen molar-refractivity contribution in [1.82, 2.24) is 0 Å². The number of carbonyl (C=O) groups is 1. The average molecular weight is 201 g/mol. The van der Waals surface area contributed by atoms with Crippen molar-refractivity contribution in [1.29, 1.82) is 5.26 Å². The van der Waals surface area contributed by atoms with Gasteiger partial charge in [0.1, 0.15) is 6.07 Å². The van der Waals surface area contributed by atoms with Crippen LogP contribution in [0.25, 0.3) is 10.1 Å². The van der Waals surface area contributed by atoms with Crippen LogP contribution >= 0.6 is 11.3 Å². The lowest BCUT2D eigenvalue weighted by atomic mass is 10.1. The quantitative estimate of drug-likeness (QED) is 0.665. The van der Waals surface area contributed by atoms with Gasteiger partial charge < -0.3 is 0 Å². The monoisotopic (exact) mass is 201 g/mol. The zero-order valence-corrected chi connectivity index (χ0v) is 8.39. The maximum Gasteiger partial charge on any atom is 0.150 e. The van der Waals surface area contributed by atoms with Gasteiger partial charge in [-0.15, -0.1) is 11.3 Å². The summed E-state index contributed by atoms with van der Waals surface area (Å²) in [6.07, 6.45) is 0.829. The fourth-order valence-corrected chi connectivity index (χ4v) is 2.47. The van der Waals surface area contributed by atoms with E-state index in [-0.39, 0.29) is 0 Å². The number of fused-ring (bicyclic) bond motifs is 1. The summed E-state index contributed by atoms with van der Waals surface area (Å²) in [5.41, 5.74) is 1.30. The van der Waals surface area contributed by atoms with Crippen LogP contribution in [0.15, 0.2) is 18.2 Å². The summed E-state index contributed by atoms with van der Waals surface area (Å²) in [6.45, 7) is 1.97. The maximum absolute atomic E-state index is 10.8. The van der Waals surface area contributed by atoms with Gasteiger partial charge in [-0.2, -0.15) is 5.26 Å². The largest absolute Gasteiger partial charge is 0.298 e. The molecule has 0 N–H and O–H groups in total. The Bertz CT molecular complexity index is 548. The van der Waals surface area contributed by atoms with Crippen LogP contribution in [0.4, 0.5) is 0 Å². The molecule has 2 nitrogen and oxygen atoms in total. The van der Waals surface area contributed by atoms with E-state index in [1.807, 2.05) is 13.0 Å². The summed E-state index contributed by atoms with van der Waals surface area (Å²) >= 11 is 1.55. The fourth-order valence-electron chi connectivity index (χ4n) is 1.46. The highest BCUT2D eigenvalue weighted by molar-refractivity contribution is 7.19. The third-order valence-electron chi connectivity index (χ3n) is 2.09. The van der Waals surface area contributed by atoms with E-state index in [1.165, 1.54) is 0 Å². The number of aryl methyl sites for hydroxylation is 1. The second-order valence-electron chi connectivity index (χ2n) is 3.03. The molecule has 3 heteroatoms. The lowest BCUT2D eigenvalue weighted by Crippen LogP contribution is -1.82.